The van der Waals surface area contributed by atoms with E-state index in [-0.39, 0.29) is 5.84 Å². The zero-order valence-electron chi connectivity index (χ0n) is 10.7. The Kier molecular flexibility index (Phi) is 3.34. The minimum Gasteiger partial charge on any atom is -0.384 e. The molecule has 0 radical (unpaired) electrons. The highest BCUT2D eigenvalue weighted by Crippen LogP contribution is 2.29. The van der Waals surface area contributed by atoms with Gasteiger partial charge in [0.25, 0.3) is 0 Å². The number of hydrogen-bond acceptors (Lipinski definition) is 4. The van der Waals surface area contributed by atoms with Crippen molar-refractivity contribution in [2.24, 2.45) is 5.73 Å². The number of nitrogen functional groups attached to an aromatic ring is 1. The molecule has 94 valence electrons. The number of hydrogen-bond donors (Lipinski definition) is 2. The Morgan fingerprint density at radius 3 is 2.67 bits per heavy atom. The van der Waals surface area contributed by atoms with Crippen LogP contribution in [0.1, 0.15) is 16.1 Å². The van der Waals surface area contributed by atoms with Gasteiger partial charge < -0.3 is 10.6 Å². The number of anilines is 2. The average Bonchev–Trinajstić information content (AvgIpc) is 2.69. The highest BCUT2D eigenvalue weighted by Gasteiger charge is 2.11. The molecule has 3 N–H and O–H groups in total. The van der Waals surface area contributed by atoms with Crippen molar-refractivity contribution in [1.82, 2.24) is 4.98 Å². The Bertz CT molecular complexity index is 569. The smallest absolute Gasteiger partial charge is 0.190 e. The van der Waals surface area contributed by atoms with E-state index in [2.05, 4.69) is 11.9 Å². The van der Waals surface area contributed by atoms with Crippen molar-refractivity contribution in [1.29, 1.82) is 5.41 Å². The molecule has 1 heterocycles. The number of nitrogens with one attached hydrogen (secondary N) is 1. The molecular weight excluding hydrogens is 244 g/mol. The molecule has 0 aliphatic rings. The summed E-state index contributed by atoms with van der Waals surface area (Å²) in [5.74, 6) is 0.0803. The monoisotopic (exact) mass is 260 g/mol. The molecule has 0 aliphatic carbocycles. The highest BCUT2D eigenvalue weighted by atomic mass is 32.1. The van der Waals surface area contributed by atoms with Crippen LogP contribution in [0.4, 0.5) is 10.8 Å². The van der Waals surface area contributed by atoms with Gasteiger partial charge >= 0.3 is 0 Å². The van der Waals surface area contributed by atoms with Crippen LogP contribution in [-0.2, 0) is 0 Å². The van der Waals surface area contributed by atoms with Crippen molar-refractivity contribution in [2.45, 2.75) is 13.8 Å². The average molecular weight is 260 g/mol. The number of aryl methyl sites for hydroxylation is 2. The Balaban J connectivity index is 2.36. The standard InChI is InChI=1S/C13H16N4S/c1-8-9(2)18-13(16-8)17(3)11-6-4-5-10(7-11)12(14)15/h4-7H,1-3H3,(H3,14,15). The molecule has 0 fully saturated rings. The van der Waals surface area contributed by atoms with Crippen LogP contribution in [0, 0.1) is 19.3 Å². The van der Waals surface area contributed by atoms with E-state index in [1.165, 1.54) is 4.88 Å². The molecule has 0 saturated carbocycles. The summed E-state index contributed by atoms with van der Waals surface area (Å²) in [6.45, 7) is 4.07. The third kappa shape index (κ3) is 2.36. The maximum absolute atomic E-state index is 7.46. The largest absolute Gasteiger partial charge is 0.384 e. The lowest BCUT2D eigenvalue weighted by atomic mass is 10.2. The van der Waals surface area contributed by atoms with Gasteiger partial charge in [-0.15, -0.1) is 11.3 Å². The highest BCUT2D eigenvalue weighted by molar-refractivity contribution is 7.15. The molecule has 2 rings (SSSR count). The third-order valence-corrected chi connectivity index (χ3v) is 4.00. The van der Waals surface area contributed by atoms with Gasteiger partial charge in [-0.3, -0.25) is 5.41 Å². The van der Waals surface area contributed by atoms with Crippen LogP contribution in [0.3, 0.4) is 0 Å². The molecule has 1 aromatic carbocycles. The number of thiazole rings is 1. The first kappa shape index (κ1) is 12.6. The van der Waals surface area contributed by atoms with E-state index in [9.17, 15) is 0 Å². The van der Waals surface area contributed by atoms with Gasteiger partial charge in [-0.25, -0.2) is 4.98 Å². The summed E-state index contributed by atoms with van der Waals surface area (Å²) in [6.07, 6.45) is 0. The molecule has 0 aliphatic heterocycles. The van der Waals surface area contributed by atoms with E-state index < -0.39 is 0 Å². The minimum absolute atomic E-state index is 0.0803. The van der Waals surface area contributed by atoms with Gasteiger partial charge in [0.15, 0.2) is 5.13 Å². The Morgan fingerprint density at radius 2 is 2.11 bits per heavy atom. The molecule has 18 heavy (non-hydrogen) atoms. The van der Waals surface area contributed by atoms with Crippen LogP contribution in [0.2, 0.25) is 0 Å². The summed E-state index contributed by atoms with van der Waals surface area (Å²) in [6, 6.07) is 7.61. The first-order chi connectivity index (χ1) is 8.49. The summed E-state index contributed by atoms with van der Waals surface area (Å²) in [7, 11) is 1.97. The Hall–Kier alpha value is -1.88. The fourth-order valence-electron chi connectivity index (χ4n) is 1.59. The van der Waals surface area contributed by atoms with E-state index in [4.69, 9.17) is 11.1 Å². The van der Waals surface area contributed by atoms with Crippen molar-refractivity contribution in [3.63, 3.8) is 0 Å². The van der Waals surface area contributed by atoms with Gasteiger partial charge in [-0.1, -0.05) is 12.1 Å². The van der Waals surface area contributed by atoms with E-state index in [0.29, 0.717) is 0 Å². The molecule has 0 bridgehead atoms. The zero-order chi connectivity index (χ0) is 13.3. The molecule has 0 spiro atoms. The fourth-order valence-corrected chi connectivity index (χ4v) is 2.48. The Morgan fingerprint density at radius 1 is 1.39 bits per heavy atom. The van der Waals surface area contributed by atoms with Crippen LogP contribution in [0.5, 0.6) is 0 Å². The topological polar surface area (TPSA) is 66.0 Å². The molecule has 0 saturated heterocycles. The minimum atomic E-state index is 0.0803. The van der Waals surface area contributed by atoms with E-state index in [1.807, 2.05) is 43.1 Å². The fraction of sp³-hybridized carbons (Fsp3) is 0.231. The second kappa shape index (κ2) is 4.78. The number of amidine groups is 1. The number of aromatic nitrogens is 1. The molecule has 5 heteroatoms. The van der Waals surface area contributed by atoms with Crippen molar-refractivity contribution >= 4 is 28.0 Å². The quantitative estimate of drug-likeness (QED) is 0.658. The van der Waals surface area contributed by atoms with Crippen LogP contribution in [0.25, 0.3) is 0 Å². The summed E-state index contributed by atoms with van der Waals surface area (Å²) < 4.78 is 0. The number of benzene rings is 1. The van der Waals surface area contributed by atoms with E-state index in [1.54, 1.807) is 11.3 Å². The normalized spacial score (nSPS) is 10.4. The molecule has 1 aromatic heterocycles. The van der Waals surface area contributed by atoms with Crippen molar-refractivity contribution in [3.8, 4) is 0 Å². The van der Waals surface area contributed by atoms with E-state index >= 15 is 0 Å². The predicted octanol–water partition coefficient (Wildman–Crippen LogP) is 2.81. The van der Waals surface area contributed by atoms with Gasteiger partial charge in [-0.05, 0) is 26.0 Å². The molecule has 0 amide bonds. The van der Waals surface area contributed by atoms with Crippen LogP contribution < -0.4 is 10.6 Å². The number of rotatable bonds is 3. The first-order valence-corrected chi connectivity index (χ1v) is 6.43. The lowest BCUT2D eigenvalue weighted by Crippen LogP contribution is -2.13. The number of nitrogens with two attached hydrogens (primary N) is 1. The Labute approximate surface area is 111 Å². The van der Waals surface area contributed by atoms with Gasteiger partial charge in [0, 0.05) is 23.2 Å². The maximum Gasteiger partial charge on any atom is 0.190 e. The van der Waals surface area contributed by atoms with Gasteiger partial charge in [0.05, 0.1) is 5.69 Å². The summed E-state index contributed by atoms with van der Waals surface area (Å²) in [5, 5.41) is 8.41. The molecule has 4 nitrogen and oxygen atoms in total. The van der Waals surface area contributed by atoms with Gasteiger partial charge in [0.1, 0.15) is 5.84 Å². The first-order valence-electron chi connectivity index (χ1n) is 5.61. The summed E-state index contributed by atoms with van der Waals surface area (Å²) in [5.41, 5.74) is 8.27. The van der Waals surface area contributed by atoms with Crippen molar-refractivity contribution in [2.75, 3.05) is 11.9 Å². The molecule has 0 unspecified atom stereocenters. The number of nitrogens with zero attached hydrogens (tertiary/aromatic N) is 2. The van der Waals surface area contributed by atoms with Crippen LogP contribution in [0.15, 0.2) is 24.3 Å². The van der Waals surface area contributed by atoms with Gasteiger partial charge in [0.2, 0.25) is 0 Å². The van der Waals surface area contributed by atoms with Crippen molar-refractivity contribution in [3.05, 3.63) is 40.4 Å². The lowest BCUT2D eigenvalue weighted by molar-refractivity contribution is 1.13. The van der Waals surface area contributed by atoms with Crippen LogP contribution >= 0.6 is 11.3 Å². The van der Waals surface area contributed by atoms with E-state index in [0.717, 1.165) is 22.1 Å². The SMILES string of the molecule is Cc1nc(N(C)c2cccc(C(=N)N)c2)sc1C. The van der Waals surface area contributed by atoms with Gasteiger partial charge in [-0.2, -0.15) is 0 Å². The van der Waals surface area contributed by atoms with Crippen molar-refractivity contribution < 1.29 is 0 Å². The molecular formula is C13H16N4S. The summed E-state index contributed by atoms with van der Waals surface area (Å²) >= 11 is 1.66. The third-order valence-electron chi connectivity index (χ3n) is 2.85. The lowest BCUT2D eigenvalue weighted by Gasteiger charge is -2.16. The maximum atomic E-state index is 7.46. The van der Waals surface area contributed by atoms with Crippen LogP contribution in [-0.4, -0.2) is 17.9 Å². The second-order valence-electron chi connectivity index (χ2n) is 4.16. The summed E-state index contributed by atoms with van der Waals surface area (Å²) in [4.78, 5) is 7.75. The predicted molar refractivity (Wildman–Crippen MR) is 77.1 cm³/mol. The second-order valence-corrected chi connectivity index (χ2v) is 5.34. The molecule has 2 aromatic rings. The molecule has 0 atom stereocenters. The zero-order valence-corrected chi connectivity index (χ0v) is 11.5.